The molecular weight excluding hydrogens is 616 g/mol. The van der Waals surface area contributed by atoms with Gasteiger partial charge in [0, 0.05) is 0 Å². The smallest absolute Gasteiger partial charge is 0.0654 e. The van der Waals surface area contributed by atoms with Crippen LogP contribution in [0.15, 0.2) is 0 Å². The normalized spacial score (nSPS) is 11.6. The van der Waals surface area contributed by atoms with Crippen LogP contribution in [0.25, 0.3) is 0 Å². The maximum atomic E-state index is 13.0. The van der Waals surface area contributed by atoms with E-state index in [1.165, 1.54) is 128 Å². The zero-order valence-electron chi connectivity index (χ0n) is 30.1. The summed E-state index contributed by atoms with van der Waals surface area (Å²) in [6.07, 6.45) is 34.8. The molecule has 0 fully saturated rings. The minimum Gasteiger partial charge on any atom is -0.0654 e. The molecule has 0 unspecified atom stereocenters. The van der Waals surface area contributed by atoms with Gasteiger partial charge in [-0.25, -0.2) is 0 Å². The van der Waals surface area contributed by atoms with Crippen molar-refractivity contribution in [3.63, 3.8) is 0 Å². The molecule has 0 radical (unpaired) electrons. The van der Waals surface area contributed by atoms with Gasteiger partial charge < -0.3 is 0 Å². The third-order valence-corrected chi connectivity index (χ3v) is 10.1. The Balaban J connectivity index is 4.18. The van der Waals surface area contributed by atoms with Crippen molar-refractivity contribution < 1.29 is 48.4 Å². The van der Waals surface area contributed by atoms with Crippen LogP contribution in [0.2, 0.25) is 0 Å². The van der Waals surface area contributed by atoms with E-state index in [1.54, 1.807) is 0 Å². The van der Waals surface area contributed by atoms with Crippen molar-refractivity contribution in [2.24, 2.45) is 0 Å². The van der Waals surface area contributed by atoms with Gasteiger partial charge in [0.15, 0.2) is 0 Å². The molecule has 270 valence electrons. The number of carbonyl (C=O) groups excluding carboxylic acids is 2. The predicted octanol–water partition coefficient (Wildman–Crippen LogP) is 11.3. The summed E-state index contributed by atoms with van der Waals surface area (Å²) in [5.74, 6) is -3.55. The van der Waals surface area contributed by atoms with E-state index in [2.05, 4.69) is 13.8 Å². The average Bonchev–Trinajstić information content (AvgIpc) is 3.03. The van der Waals surface area contributed by atoms with E-state index in [4.69, 9.17) is 3.32 Å². The van der Waals surface area contributed by atoms with Crippen LogP contribution in [0.4, 0.5) is 0 Å². The van der Waals surface area contributed by atoms with Gasteiger partial charge in [-0.3, -0.25) is 0 Å². The molecule has 0 heterocycles. The van der Waals surface area contributed by atoms with Gasteiger partial charge >= 0.3 is 187 Å². The number of aliphatic carboxylic acids is 1. The summed E-state index contributed by atoms with van der Waals surface area (Å²) in [7, 11) is 0. The number of hydrogen-bond donors (Lipinski definition) is 2. The molecule has 0 aliphatic heterocycles. The Labute approximate surface area is 289 Å². The molecule has 0 aliphatic carbocycles. The number of carboxylic acids is 1. The van der Waals surface area contributed by atoms with Crippen LogP contribution in [0, 0.1) is 0 Å². The molecule has 0 amide bonds. The molecule has 8 heteroatoms. The average molecular weight is 689 g/mol. The van der Waals surface area contributed by atoms with Crippen molar-refractivity contribution >= 4 is 17.5 Å². The fraction of sp³-hybridized carbons (Fsp3) is 0.921. The molecule has 0 saturated carbocycles. The predicted molar refractivity (Wildman–Crippen MR) is 183 cm³/mol. The second kappa shape index (κ2) is 32.8. The minimum atomic E-state index is -4.48. The van der Waals surface area contributed by atoms with Crippen molar-refractivity contribution in [3.05, 3.63) is 0 Å². The van der Waals surface area contributed by atoms with Crippen LogP contribution in [0.1, 0.15) is 219 Å². The summed E-state index contributed by atoms with van der Waals surface area (Å²) in [5, 5.41) is 9.87. The molecule has 0 aromatic rings. The molecule has 0 aromatic heterocycles. The van der Waals surface area contributed by atoms with E-state index in [1.807, 2.05) is 0 Å². The molecule has 0 bridgehead atoms. The Kier molecular flexibility index (Phi) is 32.2. The molecular formula is C38H72O7Ti. The van der Waals surface area contributed by atoms with Gasteiger partial charge in [0.1, 0.15) is 0 Å². The van der Waals surface area contributed by atoms with Crippen molar-refractivity contribution in [2.45, 2.75) is 225 Å². The van der Waals surface area contributed by atoms with Crippen LogP contribution in [-0.4, -0.2) is 31.9 Å². The standard InChI is InChI=1S/C38H71O5.H2O.O.Ti/c1-3-5-7-9-11-13-15-17-19-21-23-25-27-29-31-33-35(39)38(43,37(41)42)36(40)34-32-30-28-26-24-22-20-18-16-14-12-10-8-6-4-2;;;/h3-34H2,1-2H3,(H,41,42);1H2;;/q-1;;;+2/p-1. The first-order valence-electron chi connectivity index (χ1n) is 19.5. The van der Waals surface area contributed by atoms with E-state index in [9.17, 15) is 26.5 Å². The summed E-state index contributed by atoms with van der Waals surface area (Å²) in [4.78, 5) is 38.2. The van der Waals surface area contributed by atoms with Crippen LogP contribution >= 0.6 is 0 Å². The third kappa shape index (κ3) is 24.4. The van der Waals surface area contributed by atoms with Crippen LogP contribution < -0.4 is 0 Å². The number of rotatable bonds is 37. The summed E-state index contributed by atoms with van der Waals surface area (Å²) in [6.45, 7) is 4.49. The third-order valence-electron chi connectivity index (χ3n) is 9.34. The van der Waals surface area contributed by atoms with Crippen LogP contribution in [-0.2, 0) is 39.6 Å². The van der Waals surface area contributed by atoms with Crippen molar-refractivity contribution in [3.8, 4) is 0 Å². The summed E-state index contributed by atoms with van der Waals surface area (Å²) in [5.41, 5.74) is -2.84. The van der Waals surface area contributed by atoms with E-state index in [0.29, 0.717) is 12.8 Å². The first-order valence-corrected chi connectivity index (χ1v) is 21.5. The second-order valence-electron chi connectivity index (χ2n) is 13.6. The van der Waals surface area contributed by atoms with Gasteiger partial charge in [-0.1, -0.05) is 104 Å². The molecule has 2 N–H and O–H groups in total. The number of carboxylic acid groups (broad SMARTS) is 1. The van der Waals surface area contributed by atoms with Gasteiger partial charge in [-0.2, -0.15) is 0 Å². The zero-order chi connectivity index (χ0) is 34.1. The van der Waals surface area contributed by atoms with E-state index in [0.717, 1.165) is 51.4 Å². The van der Waals surface area contributed by atoms with Gasteiger partial charge in [-0.05, 0) is 0 Å². The first-order chi connectivity index (χ1) is 22.3. The molecule has 0 atom stereocenters. The summed E-state index contributed by atoms with van der Waals surface area (Å²) >= 11 is -4.48. The Hall–Kier alpha value is -0.756. The molecule has 0 saturated heterocycles. The van der Waals surface area contributed by atoms with Gasteiger partial charge in [-0.15, -0.1) is 0 Å². The quantitative estimate of drug-likeness (QED) is 0.0379. The van der Waals surface area contributed by atoms with Crippen molar-refractivity contribution in [1.29, 1.82) is 0 Å². The SMILES string of the molecule is CCCCCCCCCCCCCCCCCC(=O)C([O][Ti](=[O])[OH])(C(=O)O)C(=O)CCCCCCCCCCCCCCCCC. The number of carbonyl (C=O) groups is 3. The minimum absolute atomic E-state index is 0.138. The number of Topliss-reactive ketones (excluding diaryl/α,β-unsaturated/α-hetero) is 2. The fourth-order valence-corrected chi connectivity index (χ4v) is 7.25. The van der Waals surface area contributed by atoms with Crippen LogP contribution in [0.5, 0.6) is 0 Å². The maximum absolute atomic E-state index is 13.0. The second-order valence-corrected chi connectivity index (χ2v) is 14.7. The Morgan fingerprint density at radius 2 is 0.674 bits per heavy atom. The summed E-state index contributed by atoms with van der Waals surface area (Å²) in [6, 6.07) is 0. The number of unbranched alkanes of at least 4 members (excludes halogenated alkanes) is 28. The van der Waals surface area contributed by atoms with Gasteiger partial charge in [0.25, 0.3) is 0 Å². The fourth-order valence-electron chi connectivity index (χ4n) is 6.35. The zero-order valence-corrected chi connectivity index (χ0v) is 31.6. The number of hydrogen-bond acceptors (Lipinski definition) is 5. The van der Waals surface area contributed by atoms with Crippen molar-refractivity contribution in [1.82, 2.24) is 0 Å². The summed E-state index contributed by atoms with van der Waals surface area (Å²) < 4.78 is 25.9. The number of ketones is 2. The van der Waals surface area contributed by atoms with Crippen molar-refractivity contribution in [2.75, 3.05) is 0 Å². The van der Waals surface area contributed by atoms with E-state index >= 15 is 0 Å². The van der Waals surface area contributed by atoms with E-state index < -0.39 is 41.8 Å². The topological polar surface area (TPSA) is 118 Å². The van der Waals surface area contributed by atoms with E-state index in [-0.39, 0.29) is 12.8 Å². The molecule has 0 aromatic carbocycles. The molecule has 7 nitrogen and oxygen atoms in total. The Morgan fingerprint density at radius 1 is 0.457 bits per heavy atom. The molecule has 0 spiro atoms. The Bertz CT molecular complexity index is 724. The monoisotopic (exact) mass is 688 g/mol. The molecule has 0 aliphatic rings. The van der Waals surface area contributed by atoms with Gasteiger partial charge in [0.2, 0.25) is 0 Å². The van der Waals surface area contributed by atoms with Crippen LogP contribution in [0.3, 0.4) is 0 Å². The van der Waals surface area contributed by atoms with Gasteiger partial charge in [0.05, 0.1) is 0 Å². The first kappa shape index (κ1) is 45.2. The Morgan fingerprint density at radius 3 is 0.870 bits per heavy atom. The molecule has 46 heavy (non-hydrogen) atoms. The molecule has 0 rings (SSSR count).